The van der Waals surface area contributed by atoms with Gasteiger partial charge < -0.3 is 14.2 Å². The van der Waals surface area contributed by atoms with Crippen LogP contribution in [0.2, 0.25) is 0 Å². The summed E-state index contributed by atoms with van der Waals surface area (Å²) in [5, 5.41) is 0. The van der Waals surface area contributed by atoms with Crippen molar-refractivity contribution in [1.82, 2.24) is 0 Å². The van der Waals surface area contributed by atoms with E-state index in [4.69, 9.17) is 14.2 Å². The second-order valence-corrected chi connectivity index (χ2v) is 24.2. The highest BCUT2D eigenvalue weighted by molar-refractivity contribution is 5.71. The third-order valence-corrected chi connectivity index (χ3v) is 16.4. The molecule has 452 valence electrons. The zero-order chi connectivity index (χ0) is 55.0. The molecule has 0 aromatic rings. The first kappa shape index (κ1) is 74.4. The van der Waals surface area contributed by atoms with Gasteiger partial charge in [-0.05, 0) is 19.3 Å². The number of unbranched alkanes of at least 4 members (excludes halogenated alkanes) is 55. The molecule has 1 unspecified atom stereocenters. The molecule has 0 saturated carbocycles. The normalized spacial score (nSPS) is 11.9. The van der Waals surface area contributed by atoms with Gasteiger partial charge in [-0.2, -0.15) is 0 Å². The molecule has 0 aliphatic heterocycles. The van der Waals surface area contributed by atoms with Crippen molar-refractivity contribution in [3.63, 3.8) is 0 Å². The van der Waals surface area contributed by atoms with Crippen LogP contribution in [0.3, 0.4) is 0 Å². The van der Waals surface area contributed by atoms with E-state index in [0.717, 1.165) is 57.8 Å². The molecule has 6 nitrogen and oxygen atoms in total. The van der Waals surface area contributed by atoms with E-state index in [1.165, 1.54) is 315 Å². The monoisotopic (exact) mass is 1070 g/mol. The van der Waals surface area contributed by atoms with Gasteiger partial charge in [0.25, 0.3) is 0 Å². The minimum atomic E-state index is -0.762. The Morgan fingerprint density at radius 3 is 0.526 bits per heavy atom. The van der Waals surface area contributed by atoms with E-state index in [9.17, 15) is 14.4 Å². The molecule has 0 amide bonds. The predicted octanol–water partition coefficient (Wildman–Crippen LogP) is 23.8. The van der Waals surface area contributed by atoms with E-state index < -0.39 is 6.10 Å². The van der Waals surface area contributed by atoms with Crippen LogP contribution in [0.4, 0.5) is 0 Å². The minimum absolute atomic E-state index is 0.0610. The average Bonchev–Trinajstić information content (AvgIpc) is 3.42. The Morgan fingerprint density at radius 1 is 0.211 bits per heavy atom. The standard InChI is InChI=1S/C70H136O6/c1-4-7-10-13-16-19-21-23-25-27-29-31-33-35-36-38-39-41-43-45-47-49-51-54-57-60-63-69(72)75-66-67(65-74-68(71)62-59-56-53-18-15-12-9-6-3)76-70(73)64-61-58-55-52-50-48-46-44-42-40-37-34-32-30-28-26-24-22-20-17-14-11-8-5-2/h67H,4-66H2,1-3H3. The maximum Gasteiger partial charge on any atom is 0.306 e. The third kappa shape index (κ3) is 63.2. The first-order chi connectivity index (χ1) is 37.5. The van der Waals surface area contributed by atoms with Gasteiger partial charge in [-0.25, -0.2) is 0 Å². The summed E-state index contributed by atoms with van der Waals surface area (Å²) < 4.78 is 16.9. The van der Waals surface area contributed by atoms with Crippen LogP contribution >= 0.6 is 0 Å². The Balaban J connectivity index is 4.04. The van der Waals surface area contributed by atoms with Crippen LogP contribution in [-0.4, -0.2) is 37.2 Å². The Kier molecular flexibility index (Phi) is 64.5. The third-order valence-electron chi connectivity index (χ3n) is 16.4. The van der Waals surface area contributed by atoms with Crippen LogP contribution in [0.5, 0.6) is 0 Å². The number of ether oxygens (including phenoxy) is 3. The summed E-state index contributed by atoms with van der Waals surface area (Å²) in [6.07, 6.45) is 77.3. The topological polar surface area (TPSA) is 78.9 Å². The molecule has 0 fully saturated rings. The van der Waals surface area contributed by atoms with Crippen LogP contribution in [0, 0.1) is 0 Å². The van der Waals surface area contributed by atoms with Crippen LogP contribution in [-0.2, 0) is 28.6 Å². The molecule has 0 radical (unpaired) electrons. The predicted molar refractivity (Wildman–Crippen MR) is 330 cm³/mol. The molecule has 0 aliphatic rings. The Bertz CT molecular complexity index is 1140. The molecule has 0 spiro atoms. The molecule has 0 aromatic carbocycles. The molecule has 0 aliphatic carbocycles. The maximum atomic E-state index is 12.9. The highest BCUT2D eigenvalue weighted by Crippen LogP contribution is 2.19. The Hall–Kier alpha value is -1.59. The quantitative estimate of drug-likeness (QED) is 0.0343. The van der Waals surface area contributed by atoms with Gasteiger partial charge in [0.1, 0.15) is 13.2 Å². The van der Waals surface area contributed by atoms with Gasteiger partial charge >= 0.3 is 17.9 Å². The van der Waals surface area contributed by atoms with E-state index in [0.29, 0.717) is 19.3 Å². The number of carbonyl (C=O) groups is 3. The molecule has 0 saturated heterocycles. The smallest absolute Gasteiger partial charge is 0.306 e. The molecule has 0 bridgehead atoms. The fraction of sp³-hybridized carbons (Fsp3) is 0.957. The van der Waals surface area contributed by atoms with Crippen LogP contribution in [0.25, 0.3) is 0 Å². The van der Waals surface area contributed by atoms with Gasteiger partial charge in [-0.15, -0.1) is 0 Å². The van der Waals surface area contributed by atoms with Crippen molar-refractivity contribution < 1.29 is 28.6 Å². The van der Waals surface area contributed by atoms with Crippen molar-refractivity contribution in [1.29, 1.82) is 0 Å². The number of carbonyl (C=O) groups excluding carboxylic acids is 3. The summed E-state index contributed by atoms with van der Waals surface area (Å²) in [4.78, 5) is 38.2. The lowest BCUT2D eigenvalue weighted by Gasteiger charge is -2.18. The molecular weight excluding hydrogens is 937 g/mol. The summed E-state index contributed by atoms with van der Waals surface area (Å²) >= 11 is 0. The first-order valence-electron chi connectivity index (χ1n) is 35.0. The fourth-order valence-corrected chi connectivity index (χ4v) is 11.1. The number of rotatable bonds is 66. The molecule has 76 heavy (non-hydrogen) atoms. The average molecular weight is 1070 g/mol. The number of hydrogen-bond acceptors (Lipinski definition) is 6. The van der Waals surface area contributed by atoms with Crippen molar-refractivity contribution in [3.05, 3.63) is 0 Å². The zero-order valence-corrected chi connectivity index (χ0v) is 52.1. The van der Waals surface area contributed by atoms with Crippen molar-refractivity contribution in [2.24, 2.45) is 0 Å². The number of esters is 3. The molecule has 0 N–H and O–H groups in total. The zero-order valence-electron chi connectivity index (χ0n) is 52.1. The largest absolute Gasteiger partial charge is 0.462 e. The van der Waals surface area contributed by atoms with Crippen molar-refractivity contribution >= 4 is 17.9 Å². The van der Waals surface area contributed by atoms with Gasteiger partial charge in [0.2, 0.25) is 0 Å². The molecule has 6 heteroatoms. The van der Waals surface area contributed by atoms with Gasteiger partial charge in [-0.3, -0.25) is 14.4 Å². The molecule has 1 atom stereocenters. The van der Waals surface area contributed by atoms with E-state index in [-0.39, 0.29) is 31.1 Å². The Morgan fingerprint density at radius 2 is 0.355 bits per heavy atom. The van der Waals surface area contributed by atoms with Crippen LogP contribution in [0.1, 0.15) is 412 Å². The highest BCUT2D eigenvalue weighted by Gasteiger charge is 2.19. The lowest BCUT2D eigenvalue weighted by molar-refractivity contribution is -0.167. The van der Waals surface area contributed by atoms with Gasteiger partial charge in [0.05, 0.1) is 0 Å². The van der Waals surface area contributed by atoms with Crippen molar-refractivity contribution in [3.8, 4) is 0 Å². The maximum absolute atomic E-state index is 12.9. The van der Waals surface area contributed by atoms with Crippen molar-refractivity contribution in [2.45, 2.75) is 419 Å². The second-order valence-electron chi connectivity index (χ2n) is 24.2. The SMILES string of the molecule is CCCCCCCCCCCCCCCCCCCCCCCCCCCCC(=O)OCC(COC(=O)CCCCCCCCCC)OC(=O)CCCCCCCCCCCCCCCCCCCCCCCCCC. The minimum Gasteiger partial charge on any atom is -0.462 e. The van der Waals surface area contributed by atoms with Crippen LogP contribution < -0.4 is 0 Å². The van der Waals surface area contributed by atoms with E-state index in [1.54, 1.807) is 0 Å². The molecule has 0 aromatic heterocycles. The number of hydrogen-bond donors (Lipinski definition) is 0. The lowest BCUT2D eigenvalue weighted by Crippen LogP contribution is -2.30. The van der Waals surface area contributed by atoms with Gasteiger partial charge in [-0.1, -0.05) is 374 Å². The lowest BCUT2D eigenvalue weighted by atomic mass is 10.0. The van der Waals surface area contributed by atoms with Crippen molar-refractivity contribution in [2.75, 3.05) is 13.2 Å². The summed E-state index contributed by atoms with van der Waals surface area (Å²) in [7, 11) is 0. The van der Waals surface area contributed by atoms with Gasteiger partial charge in [0.15, 0.2) is 6.10 Å². The molecular formula is C70H136O6. The fourth-order valence-electron chi connectivity index (χ4n) is 11.1. The summed E-state index contributed by atoms with van der Waals surface area (Å²) in [5.74, 6) is -0.830. The van der Waals surface area contributed by atoms with E-state index in [2.05, 4.69) is 20.8 Å². The molecule has 0 heterocycles. The van der Waals surface area contributed by atoms with E-state index in [1.807, 2.05) is 0 Å². The molecule has 0 rings (SSSR count). The van der Waals surface area contributed by atoms with Crippen LogP contribution in [0.15, 0.2) is 0 Å². The second kappa shape index (κ2) is 65.9. The summed E-state index contributed by atoms with van der Waals surface area (Å²) in [6, 6.07) is 0. The summed E-state index contributed by atoms with van der Waals surface area (Å²) in [6.45, 7) is 6.71. The summed E-state index contributed by atoms with van der Waals surface area (Å²) in [5.41, 5.74) is 0. The first-order valence-corrected chi connectivity index (χ1v) is 35.0. The van der Waals surface area contributed by atoms with Gasteiger partial charge in [0, 0.05) is 19.3 Å². The highest BCUT2D eigenvalue weighted by atomic mass is 16.6. The van der Waals surface area contributed by atoms with E-state index >= 15 is 0 Å². The Labute approximate surface area is 476 Å².